The van der Waals surface area contributed by atoms with Gasteiger partial charge in [-0.25, -0.2) is 0 Å². The van der Waals surface area contributed by atoms with E-state index in [1.807, 2.05) is 0 Å². The highest BCUT2D eigenvalue weighted by Gasteiger charge is 2.83. The first-order valence-corrected chi connectivity index (χ1v) is 7.46. The average molecular weight is 342 g/mol. The first kappa shape index (κ1) is 16.8. The van der Waals surface area contributed by atoms with Crippen molar-refractivity contribution in [2.24, 2.45) is 17.8 Å². The summed E-state index contributed by atoms with van der Waals surface area (Å²) in [5.41, 5.74) is 0. The van der Waals surface area contributed by atoms with Crippen molar-refractivity contribution in [1.29, 1.82) is 0 Å². The van der Waals surface area contributed by atoms with E-state index in [1.54, 1.807) is 0 Å². The van der Waals surface area contributed by atoms with E-state index in [9.17, 15) is 39.9 Å². The molecule has 0 radical (unpaired) electrons. The van der Waals surface area contributed by atoms with Crippen molar-refractivity contribution in [1.82, 2.24) is 0 Å². The minimum Gasteiger partial charge on any atom is -0.393 e. The lowest BCUT2D eigenvalue weighted by molar-refractivity contribution is -0.288. The van der Waals surface area contributed by atoms with Gasteiger partial charge in [0.05, 0.1) is 6.10 Å². The predicted octanol–water partition coefficient (Wildman–Crippen LogP) is 2.14. The standard InChI is InChI=1S/C10H12F6O4S/c11-9(12,13)8(10(14,15)16,21(18,19)20)6-2-4-1-5(6)7(17)3-4/h4-7,17H,1-3H2,(H,18,19,20). The molecule has 2 aliphatic carbocycles. The number of hydrogen-bond acceptors (Lipinski definition) is 3. The Kier molecular flexibility index (Phi) is 3.59. The molecule has 0 heterocycles. The van der Waals surface area contributed by atoms with Crippen molar-refractivity contribution in [2.45, 2.75) is 42.5 Å². The van der Waals surface area contributed by atoms with Crippen LogP contribution in [0.5, 0.6) is 0 Å². The van der Waals surface area contributed by atoms with Crippen LogP contribution in [0.1, 0.15) is 19.3 Å². The first-order chi connectivity index (χ1) is 9.23. The van der Waals surface area contributed by atoms with E-state index in [0.29, 0.717) is 0 Å². The van der Waals surface area contributed by atoms with Gasteiger partial charge in [-0.1, -0.05) is 0 Å². The zero-order valence-corrected chi connectivity index (χ0v) is 11.1. The molecule has 124 valence electrons. The summed E-state index contributed by atoms with van der Waals surface area (Å²) in [7, 11) is -6.53. The van der Waals surface area contributed by atoms with Gasteiger partial charge in [0.15, 0.2) is 0 Å². The van der Waals surface area contributed by atoms with Crippen LogP contribution in [0.2, 0.25) is 0 Å². The summed E-state index contributed by atoms with van der Waals surface area (Å²) < 4.78 is 105. The Hall–Kier alpha value is -0.550. The molecule has 2 fully saturated rings. The number of aliphatic hydroxyl groups is 1. The third kappa shape index (κ3) is 2.15. The Morgan fingerprint density at radius 3 is 1.67 bits per heavy atom. The SMILES string of the molecule is O=S(=O)(O)C(C1CC2CC(O)C1C2)(C(F)(F)F)C(F)(F)F. The highest BCUT2D eigenvalue weighted by atomic mass is 32.2. The maximum atomic E-state index is 13.1. The third-order valence-corrected chi connectivity index (χ3v) is 6.13. The van der Waals surface area contributed by atoms with Crippen molar-refractivity contribution in [3.63, 3.8) is 0 Å². The van der Waals surface area contributed by atoms with Gasteiger partial charge in [0, 0.05) is 5.92 Å². The van der Waals surface area contributed by atoms with Gasteiger partial charge in [0.25, 0.3) is 14.9 Å². The fourth-order valence-corrected chi connectivity index (χ4v) is 5.08. The van der Waals surface area contributed by atoms with Crippen LogP contribution >= 0.6 is 0 Å². The number of aliphatic hydroxyl groups excluding tert-OH is 1. The maximum absolute atomic E-state index is 13.1. The molecule has 2 bridgehead atoms. The van der Waals surface area contributed by atoms with Crippen LogP contribution in [0.15, 0.2) is 0 Å². The minimum absolute atomic E-state index is 0.0401. The van der Waals surface area contributed by atoms with E-state index in [1.165, 1.54) is 0 Å². The Balaban J connectivity index is 2.68. The molecule has 0 aromatic heterocycles. The summed E-state index contributed by atoms with van der Waals surface area (Å²) in [6, 6.07) is 0. The maximum Gasteiger partial charge on any atom is 0.419 e. The molecule has 2 N–H and O–H groups in total. The van der Waals surface area contributed by atoms with E-state index < -0.39 is 57.5 Å². The molecule has 2 aliphatic rings. The smallest absolute Gasteiger partial charge is 0.393 e. The molecular formula is C10H12F6O4S. The predicted molar refractivity (Wildman–Crippen MR) is 56.7 cm³/mol. The molecule has 11 heteroatoms. The van der Waals surface area contributed by atoms with Gasteiger partial charge >= 0.3 is 12.4 Å². The Morgan fingerprint density at radius 2 is 1.38 bits per heavy atom. The number of fused-ring (bicyclic) bond motifs is 2. The lowest BCUT2D eigenvalue weighted by atomic mass is 9.76. The van der Waals surface area contributed by atoms with E-state index in [0.717, 1.165) is 0 Å². The van der Waals surface area contributed by atoms with Crippen LogP contribution in [0.25, 0.3) is 0 Å². The second kappa shape index (κ2) is 4.48. The Labute approximate surface area is 115 Å². The van der Waals surface area contributed by atoms with Crippen molar-refractivity contribution >= 4 is 10.1 Å². The number of alkyl halides is 6. The van der Waals surface area contributed by atoms with E-state index in [2.05, 4.69) is 0 Å². The second-order valence-corrected chi connectivity index (χ2v) is 7.21. The van der Waals surface area contributed by atoms with Gasteiger partial charge in [-0.2, -0.15) is 34.8 Å². The summed E-state index contributed by atoms with van der Waals surface area (Å²) in [4.78, 5) is 0. The molecule has 21 heavy (non-hydrogen) atoms. The van der Waals surface area contributed by atoms with E-state index in [4.69, 9.17) is 4.55 Å². The number of rotatable bonds is 2. The molecule has 4 nitrogen and oxygen atoms in total. The fourth-order valence-electron chi connectivity index (χ4n) is 3.85. The molecule has 4 atom stereocenters. The summed E-state index contributed by atoms with van der Waals surface area (Å²) in [6.07, 6.45) is -14.6. The van der Waals surface area contributed by atoms with Crippen LogP contribution in [0.3, 0.4) is 0 Å². The van der Waals surface area contributed by atoms with Crippen LogP contribution < -0.4 is 0 Å². The number of halogens is 6. The minimum atomic E-state index is -6.53. The zero-order valence-electron chi connectivity index (χ0n) is 10.3. The molecule has 0 saturated heterocycles. The Morgan fingerprint density at radius 1 is 0.905 bits per heavy atom. The van der Waals surface area contributed by atoms with Gasteiger partial charge in [-0.3, -0.25) is 4.55 Å². The molecule has 0 aromatic carbocycles. The molecule has 2 saturated carbocycles. The van der Waals surface area contributed by atoms with Crippen molar-refractivity contribution in [2.75, 3.05) is 0 Å². The molecule has 0 aromatic rings. The molecule has 2 rings (SSSR count). The quantitative estimate of drug-likeness (QED) is 0.596. The van der Waals surface area contributed by atoms with Gasteiger partial charge in [0.1, 0.15) is 0 Å². The highest BCUT2D eigenvalue weighted by molar-refractivity contribution is 7.87. The number of hydrogen-bond donors (Lipinski definition) is 2. The van der Waals surface area contributed by atoms with Gasteiger partial charge < -0.3 is 5.11 Å². The molecular weight excluding hydrogens is 330 g/mol. The van der Waals surface area contributed by atoms with Gasteiger partial charge in [0.2, 0.25) is 0 Å². The average Bonchev–Trinajstić information content (AvgIpc) is 2.68. The van der Waals surface area contributed by atoms with Crippen LogP contribution in [0.4, 0.5) is 26.3 Å². The van der Waals surface area contributed by atoms with Crippen molar-refractivity contribution in [3.8, 4) is 0 Å². The molecule has 0 amide bonds. The normalized spacial score (nSPS) is 34.5. The summed E-state index contributed by atoms with van der Waals surface area (Å²) >= 11 is 0. The third-order valence-electron chi connectivity index (χ3n) is 4.55. The molecule has 0 aliphatic heterocycles. The summed E-state index contributed by atoms with van der Waals surface area (Å²) in [5.74, 6) is -4.51. The fraction of sp³-hybridized carbons (Fsp3) is 1.00. The molecule has 0 spiro atoms. The Bertz CT molecular complexity index is 511. The lowest BCUT2D eigenvalue weighted by Crippen LogP contribution is -2.67. The monoisotopic (exact) mass is 342 g/mol. The van der Waals surface area contributed by atoms with E-state index >= 15 is 0 Å². The zero-order chi connectivity index (χ0) is 16.4. The highest BCUT2D eigenvalue weighted by Crippen LogP contribution is 2.62. The lowest BCUT2D eigenvalue weighted by Gasteiger charge is -2.43. The van der Waals surface area contributed by atoms with Crippen LogP contribution in [0, 0.1) is 17.8 Å². The van der Waals surface area contributed by atoms with Crippen LogP contribution in [-0.2, 0) is 10.1 Å². The van der Waals surface area contributed by atoms with Gasteiger partial charge in [-0.15, -0.1) is 0 Å². The van der Waals surface area contributed by atoms with Gasteiger partial charge in [-0.05, 0) is 31.1 Å². The van der Waals surface area contributed by atoms with Crippen molar-refractivity contribution in [3.05, 3.63) is 0 Å². The second-order valence-electron chi connectivity index (χ2n) is 5.62. The first-order valence-electron chi connectivity index (χ1n) is 6.02. The largest absolute Gasteiger partial charge is 0.419 e. The summed E-state index contributed by atoms with van der Waals surface area (Å²) in [6.45, 7) is 0. The summed E-state index contributed by atoms with van der Waals surface area (Å²) in [5, 5.41) is 9.54. The van der Waals surface area contributed by atoms with Crippen LogP contribution in [-0.4, -0.2) is 41.3 Å². The van der Waals surface area contributed by atoms with E-state index in [-0.39, 0.29) is 12.8 Å². The van der Waals surface area contributed by atoms with Crippen molar-refractivity contribution < 1.29 is 44.4 Å². The molecule has 4 unspecified atom stereocenters. The topological polar surface area (TPSA) is 74.6 Å².